The lowest BCUT2D eigenvalue weighted by Crippen LogP contribution is -1.97. The van der Waals surface area contributed by atoms with Crippen molar-refractivity contribution in [2.75, 3.05) is 0 Å². The van der Waals surface area contributed by atoms with Gasteiger partial charge in [-0.1, -0.05) is 24.6 Å². The summed E-state index contributed by atoms with van der Waals surface area (Å²) in [6.07, 6.45) is 0.781. The van der Waals surface area contributed by atoms with Crippen LogP contribution in [0.1, 0.15) is 33.6 Å². The first-order valence-electron chi connectivity index (χ1n) is 6.22. The van der Waals surface area contributed by atoms with Crippen molar-refractivity contribution >= 4 is 11.3 Å². The quantitative estimate of drug-likeness (QED) is 0.851. The van der Waals surface area contributed by atoms with E-state index in [9.17, 15) is 0 Å². The maximum Gasteiger partial charge on any atom is 0.140 e. The Labute approximate surface area is 117 Å². The predicted molar refractivity (Wildman–Crippen MR) is 76.5 cm³/mol. The van der Waals surface area contributed by atoms with Gasteiger partial charge in [0.05, 0.1) is 5.69 Å². The molecule has 0 N–H and O–H groups in total. The Morgan fingerprint density at radius 3 is 2.74 bits per heavy atom. The molecule has 0 fully saturated rings. The van der Waals surface area contributed by atoms with E-state index in [2.05, 4.69) is 24.0 Å². The first-order chi connectivity index (χ1) is 9.13. The maximum absolute atomic E-state index is 9.00. The molecule has 0 saturated heterocycles. The predicted octanol–water partition coefficient (Wildman–Crippen LogP) is 3.77. The van der Waals surface area contributed by atoms with Crippen LogP contribution in [0.5, 0.6) is 5.75 Å². The minimum Gasteiger partial charge on any atom is -0.486 e. The molecule has 19 heavy (non-hydrogen) atoms. The molecule has 0 amide bonds. The molecule has 0 aliphatic carbocycles. The van der Waals surface area contributed by atoms with Crippen molar-refractivity contribution in [3.8, 4) is 11.8 Å². The lowest BCUT2D eigenvalue weighted by molar-refractivity contribution is 0.303. The molecule has 3 nitrogen and oxygen atoms in total. The number of rotatable bonds is 4. The van der Waals surface area contributed by atoms with E-state index < -0.39 is 0 Å². The number of ether oxygens (including phenoxy) is 1. The van der Waals surface area contributed by atoms with Crippen molar-refractivity contribution in [1.29, 1.82) is 5.26 Å². The average Bonchev–Trinajstić information content (AvgIpc) is 2.80. The summed E-state index contributed by atoms with van der Waals surface area (Å²) < 4.78 is 5.77. The van der Waals surface area contributed by atoms with Gasteiger partial charge in [-0.3, -0.25) is 0 Å². The van der Waals surface area contributed by atoms with Gasteiger partial charge in [-0.05, 0) is 31.9 Å². The summed E-state index contributed by atoms with van der Waals surface area (Å²) >= 11 is 1.42. The summed E-state index contributed by atoms with van der Waals surface area (Å²) in [7, 11) is 0. The molecule has 0 aliphatic rings. The highest BCUT2D eigenvalue weighted by atomic mass is 32.1. The minimum atomic E-state index is 0.420. The third-order valence-electron chi connectivity index (χ3n) is 2.86. The van der Waals surface area contributed by atoms with Gasteiger partial charge in [0.1, 0.15) is 28.3 Å². The molecule has 0 radical (unpaired) electrons. The van der Waals surface area contributed by atoms with E-state index in [-0.39, 0.29) is 0 Å². The molecule has 0 unspecified atom stereocenters. The third-order valence-corrected chi connectivity index (χ3v) is 3.84. The normalized spacial score (nSPS) is 10.2. The number of nitriles is 1. The van der Waals surface area contributed by atoms with Crippen molar-refractivity contribution in [2.24, 2.45) is 0 Å². The van der Waals surface area contributed by atoms with Gasteiger partial charge in [0.15, 0.2) is 0 Å². The van der Waals surface area contributed by atoms with Crippen LogP contribution < -0.4 is 4.74 Å². The lowest BCUT2D eigenvalue weighted by Gasteiger charge is -2.07. The SMILES string of the molecule is CCc1nc(COc2ccc(C)cc2C)sc1C#N. The third kappa shape index (κ3) is 3.12. The number of benzene rings is 1. The number of nitrogens with zero attached hydrogens (tertiary/aromatic N) is 2. The van der Waals surface area contributed by atoms with Gasteiger partial charge < -0.3 is 4.74 Å². The van der Waals surface area contributed by atoms with Crippen molar-refractivity contribution in [2.45, 2.75) is 33.8 Å². The van der Waals surface area contributed by atoms with E-state index in [0.717, 1.165) is 28.4 Å². The molecule has 0 atom stereocenters. The van der Waals surface area contributed by atoms with Gasteiger partial charge in [0.2, 0.25) is 0 Å². The Balaban J connectivity index is 2.10. The van der Waals surface area contributed by atoms with Crippen LogP contribution in [-0.4, -0.2) is 4.98 Å². The number of hydrogen-bond donors (Lipinski definition) is 0. The molecule has 1 aromatic heterocycles. The molecule has 4 heteroatoms. The molecule has 0 spiro atoms. The molecular weight excluding hydrogens is 256 g/mol. The van der Waals surface area contributed by atoms with Crippen molar-refractivity contribution < 1.29 is 4.74 Å². The zero-order valence-electron chi connectivity index (χ0n) is 11.4. The van der Waals surface area contributed by atoms with Crippen molar-refractivity contribution in [1.82, 2.24) is 4.98 Å². The first kappa shape index (κ1) is 13.6. The molecule has 0 saturated carbocycles. The minimum absolute atomic E-state index is 0.420. The fraction of sp³-hybridized carbons (Fsp3) is 0.333. The zero-order valence-corrected chi connectivity index (χ0v) is 12.2. The Kier molecular flexibility index (Phi) is 4.18. The van der Waals surface area contributed by atoms with E-state index in [1.165, 1.54) is 16.9 Å². The first-order valence-corrected chi connectivity index (χ1v) is 7.04. The van der Waals surface area contributed by atoms with Gasteiger partial charge in [0, 0.05) is 0 Å². The van der Waals surface area contributed by atoms with Gasteiger partial charge in [-0.2, -0.15) is 5.26 Å². The number of aromatic nitrogens is 1. The maximum atomic E-state index is 9.00. The van der Waals surface area contributed by atoms with E-state index in [4.69, 9.17) is 10.00 Å². The zero-order chi connectivity index (χ0) is 13.8. The standard InChI is InChI=1S/C15H16N2OS/c1-4-12-14(8-16)19-15(17-12)9-18-13-6-5-10(2)7-11(13)3/h5-7H,4,9H2,1-3H3. The van der Waals surface area contributed by atoms with Crippen molar-refractivity contribution in [3.05, 3.63) is 44.9 Å². The highest BCUT2D eigenvalue weighted by Gasteiger charge is 2.10. The second kappa shape index (κ2) is 5.85. The topological polar surface area (TPSA) is 45.9 Å². The van der Waals surface area contributed by atoms with Crippen LogP contribution in [0, 0.1) is 25.2 Å². The number of thiazole rings is 1. The molecule has 2 aromatic rings. The van der Waals surface area contributed by atoms with Crippen LogP contribution in [-0.2, 0) is 13.0 Å². The second-order valence-electron chi connectivity index (χ2n) is 4.41. The molecule has 0 bridgehead atoms. The summed E-state index contributed by atoms with van der Waals surface area (Å²) in [5.74, 6) is 0.873. The molecule has 1 heterocycles. The Bertz CT molecular complexity index is 626. The molecule has 0 aliphatic heterocycles. The van der Waals surface area contributed by atoms with E-state index in [0.29, 0.717) is 11.5 Å². The summed E-state index contributed by atoms with van der Waals surface area (Å²) in [5.41, 5.74) is 3.21. The number of aryl methyl sites for hydroxylation is 3. The van der Waals surface area contributed by atoms with Gasteiger partial charge in [-0.15, -0.1) is 11.3 Å². The molecule has 98 valence electrons. The van der Waals surface area contributed by atoms with Crippen LogP contribution in [0.2, 0.25) is 0 Å². The van der Waals surface area contributed by atoms with Crippen LogP contribution in [0.15, 0.2) is 18.2 Å². The van der Waals surface area contributed by atoms with Gasteiger partial charge in [-0.25, -0.2) is 4.98 Å². The van der Waals surface area contributed by atoms with Crippen LogP contribution in [0.3, 0.4) is 0 Å². The molecule has 2 rings (SSSR count). The molecular formula is C15H16N2OS. The summed E-state index contributed by atoms with van der Waals surface area (Å²) in [4.78, 5) is 5.13. The highest BCUT2D eigenvalue weighted by molar-refractivity contribution is 7.12. The smallest absolute Gasteiger partial charge is 0.140 e. The summed E-state index contributed by atoms with van der Waals surface area (Å²) in [5, 5.41) is 9.86. The van der Waals surface area contributed by atoms with Gasteiger partial charge >= 0.3 is 0 Å². The lowest BCUT2D eigenvalue weighted by atomic mass is 10.1. The van der Waals surface area contributed by atoms with Crippen LogP contribution in [0.25, 0.3) is 0 Å². The van der Waals surface area contributed by atoms with Crippen molar-refractivity contribution in [3.63, 3.8) is 0 Å². The highest BCUT2D eigenvalue weighted by Crippen LogP contribution is 2.23. The largest absolute Gasteiger partial charge is 0.486 e. The van der Waals surface area contributed by atoms with Crippen LogP contribution >= 0.6 is 11.3 Å². The fourth-order valence-electron chi connectivity index (χ4n) is 1.89. The van der Waals surface area contributed by atoms with E-state index in [1.54, 1.807) is 0 Å². The molecule has 1 aromatic carbocycles. The summed E-state index contributed by atoms with van der Waals surface area (Å²) in [6, 6.07) is 8.28. The van der Waals surface area contributed by atoms with Crippen LogP contribution in [0.4, 0.5) is 0 Å². The fourth-order valence-corrected chi connectivity index (χ4v) is 2.75. The average molecular weight is 272 g/mol. The monoisotopic (exact) mass is 272 g/mol. The van der Waals surface area contributed by atoms with E-state index in [1.807, 2.05) is 26.0 Å². The Morgan fingerprint density at radius 1 is 1.37 bits per heavy atom. The Hall–Kier alpha value is -1.86. The van der Waals surface area contributed by atoms with Gasteiger partial charge in [0.25, 0.3) is 0 Å². The van der Waals surface area contributed by atoms with E-state index >= 15 is 0 Å². The second-order valence-corrected chi connectivity index (χ2v) is 5.49. The number of hydrogen-bond acceptors (Lipinski definition) is 4. The Morgan fingerprint density at radius 2 is 2.16 bits per heavy atom. The summed E-state index contributed by atoms with van der Waals surface area (Å²) in [6.45, 7) is 6.51.